The molecule has 0 radical (unpaired) electrons. The average Bonchev–Trinajstić information content (AvgIpc) is 2.20. The molecule has 0 saturated carbocycles. The van der Waals surface area contributed by atoms with Gasteiger partial charge in [0.2, 0.25) is 0 Å². The van der Waals surface area contributed by atoms with Crippen LogP contribution in [0.25, 0.3) is 0 Å². The minimum Gasteiger partial charge on any atom is -0.497 e. The number of methoxy groups -OCH3 is 1. The van der Waals surface area contributed by atoms with Crippen LogP contribution in [0.5, 0.6) is 11.5 Å². The number of hydrogen-bond donors (Lipinski definition) is 2. The van der Waals surface area contributed by atoms with Crippen LogP contribution in [0.3, 0.4) is 0 Å². The Morgan fingerprint density at radius 2 is 2.27 bits per heavy atom. The summed E-state index contributed by atoms with van der Waals surface area (Å²) in [7, 11) is 1.54. The summed E-state index contributed by atoms with van der Waals surface area (Å²) in [4.78, 5) is 10.2. The van der Waals surface area contributed by atoms with Crippen LogP contribution < -0.4 is 15.2 Å². The van der Waals surface area contributed by atoms with E-state index in [4.69, 9.17) is 20.3 Å². The highest BCUT2D eigenvalue weighted by atomic mass is 16.5. The van der Waals surface area contributed by atoms with Crippen molar-refractivity contribution < 1.29 is 19.4 Å². The van der Waals surface area contributed by atoms with Crippen LogP contribution in [0.2, 0.25) is 0 Å². The van der Waals surface area contributed by atoms with Gasteiger partial charge in [-0.05, 0) is 12.1 Å². The van der Waals surface area contributed by atoms with E-state index in [0.29, 0.717) is 17.2 Å². The van der Waals surface area contributed by atoms with Gasteiger partial charge in [0.1, 0.15) is 11.5 Å². The summed E-state index contributed by atoms with van der Waals surface area (Å²) in [5.74, 6) is 0.206. The SMILES string of the molecule is COc1ccc(OCCC(=O)O)c(N)c1. The molecule has 0 bridgehead atoms. The maximum Gasteiger partial charge on any atom is 0.306 e. The number of nitrogens with two attached hydrogens (primary N) is 1. The number of hydrogen-bond acceptors (Lipinski definition) is 4. The van der Waals surface area contributed by atoms with Gasteiger partial charge in [-0.15, -0.1) is 0 Å². The summed E-state index contributed by atoms with van der Waals surface area (Å²) in [5.41, 5.74) is 6.09. The van der Waals surface area contributed by atoms with Gasteiger partial charge in [0, 0.05) is 6.07 Å². The number of carbonyl (C=O) groups is 1. The van der Waals surface area contributed by atoms with Crippen LogP contribution in [0.4, 0.5) is 5.69 Å². The third-order valence-electron chi connectivity index (χ3n) is 1.79. The van der Waals surface area contributed by atoms with Gasteiger partial charge in [0.15, 0.2) is 0 Å². The Morgan fingerprint density at radius 3 is 2.80 bits per heavy atom. The Bertz CT molecular complexity index is 351. The summed E-state index contributed by atoms with van der Waals surface area (Å²) < 4.78 is 10.1. The first-order chi connectivity index (χ1) is 7.13. The molecule has 0 aliphatic carbocycles. The molecular formula is C10H13NO4. The molecule has 1 aromatic carbocycles. The van der Waals surface area contributed by atoms with Gasteiger partial charge < -0.3 is 20.3 Å². The Labute approximate surface area is 87.4 Å². The molecule has 15 heavy (non-hydrogen) atoms. The van der Waals surface area contributed by atoms with E-state index in [1.807, 2.05) is 0 Å². The van der Waals surface area contributed by atoms with E-state index in [0.717, 1.165) is 0 Å². The fraction of sp³-hybridized carbons (Fsp3) is 0.300. The first-order valence-electron chi connectivity index (χ1n) is 4.41. The van der Waals surface area contributed by atoms with Crippen LogP contribution >= 0.6 is 0 Å². The zero-order valence-corrected chi connectivity index (χ0v) is 8.40. The van der Waals surface area contributed by atoms with E-state index in [1.54, 1.807) is 25.3 Å². The molecule has 0 unspecified atom stereocenters. The van der Waals surface area contributed by atoms with Gasteiger partial charge in [-0.1, -0.05) is 0 Å². The average molecular weight is 211 g/mol. The van der Waals surface area contributed by atoms with Crippen molar-refractivity contribution in [2.24, 2.45) is 0 Å². The number of anilines is 1. The fourth-order valence-corrected chi connectivity index (χ4v) is 1.03. The van der Waals surface area contributed by atoms with Crippen molar-refractivity contribution in [2.45, 2.75) is 6.42 Å². The van der Waals surface area contributed by atoms with E-state index >= 15 is 0 Å². The summed E-state index contributed by atoms with van der Waals surface area (Å²) in [6.07, 6.45) is -0.0501. The lowest BCUT2D eigenvalue weighted by Gasteiger charge is -2.08. The van der Waals surface area contributed by atoms with Crippen molar-refractivity contribution in [1.82, 2.24) is 0 Å². The molecule has 0 spiro atoms. The zero-order chi connectivity index (χ0) is 11.3. The van der Waals surface area contributed by atoms with E-state index in [9.17, 15) is 4.79 Å². The van der Waals surface area contributed by atoms with Crippen LogP contribution in [-0.4, -0.2) is 24.8 Å². The van der Waals surface area contributed by atoms with Crippen molar-refractivity contribution in [3.63, 3.8) is 0 Å². The molecule has 0 heterocycles. The molecule has 82 valence electrons. The minimum atomic E-state index is -0.901. The maximum atomic E-state index is 10.2. The van der Waals surface area contributed by atoms with Crippen molar-refractivity contribution in [3.05, 3.63) is 18.2 Å². The Kier molecular flexibility index (Phi) is 3.79. The topological polar surface area (TPSA) is 81.8 Å². The number of rotatable bonds is 5. The van der Waals surface area contributed by atoms with Gasteiger partial charge in [-0.2, -0.15) is 0 Å². The summed E-state index contributed by atoms with van der Waals surface area (Å²) >= 11 is 0. The molecule has 5 nitrogen and oxygen atoms in total. The third-order valence-corrected chi connectivity index (χ3v) is 1.79. The maximum absolute atomic E-state index is 10.2. The van der Waals surface area contributed by atoms with E-state index in [2.05, 4.69) is 0 Å². The second kappa shape index (κ2) is 5.09. The van der Waals surface area contributed by atoms with Crippen molar-refractivity contribution in [3.8, 4) is 11.5 Å². The monoisotopic (exact) mass is 211 g/mol. The van der Waals surface area contributed by atoms with E-state index in [-0.39, 0.29) is 13.0 Å². The van der Waals surface area contributed by atoms with E-state index < -0.39 is 5.97 Å². The van der Waals surface area contributed by atoms with Gasteiger partial charge in [0.05, 0.1) is 25.8 Å². The van der Waals surface area contributed by atoms with Crippen molar-refractivity contribution >= 4 is 11.7 Å². The number of benzene rings is 1. The summed E-state index contributed by atoms with van der Waals surface area (Å²) in [6, 6.07) is 4.97. The summed E-state index contributed by atoms with van der Waals surface area (Å²) in [6.45, 7) is 0.103. The molecular weight excluding hydrogens is 198 g/mol. The third kappa shape index (κ3) is 3.38. The van der Waals surface area contributed by atoms with Crippen molar-refractivity contribution in [1.29, 1.82) is 0 Å². The zero-order valence-electron chi connectivity index (χ0n) is 8.40. The molecule has 0 amide bonds. The lowest BCUT2D eigenvalue weighted by molar-refractivity contribution is -0.137. The van der Waals surface area contributed by atoms with Gasteiger partial charge in [-0.25, -0.2) is 0 Å². The van der Waals surface area contributed by atoms with Gasteiger partial charge >= 0.3 is 5.97 Å². The Morgan fingerprint density at radius 1 is 1.53 bits per heavy atom. The molecule has 1 aromatic rings. The lowest BCUT2D eigenvalue weighted by Crippen LogP contribution is -2.06. The Balaban J connectivity index is 2.58. The minimum absolute atomic E-state index is 0.0501. The largest absolute Gasteiger partial charge is 0.497 e. The molecule has 0 fully saturated rings. The normalized spacial score (nSPS) is 9.67. The smallest absolute Gasteiger partial charge is 0.306 e. The number of nitrogen functional groups attached to an aromatic ring is 1. The first-order valence-corrected chi connectivity index (χ1v) is 4.41. The standard InChI is InChI=1S/C10H13NO4/c1-14-7-2-3-9(8(11)6-7)15-5-4-10(12)13/h2-3,6H,4-5,11H2,1H3,(H,12,13). The van der Waals surface area contributed by atoms with Crippen LogP contribution in [-0.2, 0) is 4.79 Å². The highest BCUT2D eigenvalue weighted by Crippen LogP contribution is 2.26. The number of carboxylic acids is 1. The fourth-order valence-electron chi connectivity index (χ4n) is 1.03. The van der Waals surface area contributed by atoms with Gasteiger partial charge in [-0.3, -0.25) is 4.79 Å². The second-order valence-electron chi connectivity index (χ2n) is 2.90. The molecule has 1 rings (SSSR count). The molecule has 0 aliphatic rings. The van der Waals surface area contributed by atoms with Crippen LogP contribution in [0.15, 0.2) is 18.2 Å². The molecule has 0 saturated heterocycles. The number of aliphatic carboxylic acids is 1. The number of carboxylic acid groups (broad SMARTS) is 1. The van der Waals surface area contributed by atoms with Crippen molar-refractivity contribution in [2.75, 3.05) is 19.5 Å². The highest BCUT2D eigenvalue weighted by Gasteiger charge is 2.03. The van der Waals surface area contributed by atoms with Crippen LogP contribution in [0, 0.1) is 0 Å². The molecule has 5 heteroatoms. The quantitative estimate of drug-likeness (QED) is 0.713. The summed E-state index contributed by atoms with van der Waals surface area (Å²) in [5, 5.41) is 8.41. The predicted molar refractivity (Wildman–Crippen MR) is 55.2 cm³/mol. The molecule has 0 atom stereocenters. The van der Waals surface area contributed by atoms with Gasteiger partial charge in [0.25, 0.3) is 0 Å². The molecule has 3 N–H and O–H groups in total. The molecule has 0 aromatic heterocycles. The lowest BCUT2D eigenvalue weighted by atomic mass is 10.3. The highest BCUT2D eigenvalue weighted by molar-refractivity contribution is 5.66. The van der Waals surface area contributed by atoms with E-state index in [1.165, 1.54) is 0 Å². The van der Waals surface area contributed by atoms with Crippen LogP contribution in [0.1, 0.15) is 6.42 Å². The Hall–Kier alpha value is -1.91. The second-order valence-corrected chi connectivity index (χ2v) is 2.90. The predicted octanol–water partition coefficient (Wildman–Crippen LogP) is 1.13. The number of ether oxygens (including phenoxy) is 2. The first kappa shape index (κ1) is 11.2. The molecule has 0 aliphatic heterocycles.